The molecule has 1 aromatic heterocycles. The second-order valence-corrected chi connectivity index (χ2v) is 9.53. The van der Waals surface area contributed by atoms with Crippen LogP contribution in [0, 0.1) is 11.3 Å². The fraction of sp³-hybridized carbons (Fsp3) is 0.355. The van der Waals surface area contributed by atoms with E-state index in [1.807, 2.05) is 47.4 Å². The molecule has 9 nitrogen and oxygen atoms in total. The minimum atomic E-state index is -0.272. The van der Waals surface area contributed by atoms with Gasteiger partial charge in [0.15, 0.2) is 0 Å². The number of carbonyl (C=O) groups is 2. The first-order valence-corrected chi connectivity index (χ1v) is 13.5. The molecule has 0 aliphatic carbocycles. The number of nitrogens with zero attached hydrogens (tertiary/aromatic N) is 3. The second kappa shape index (κ2) is 14.1. The van der Waals surface area contributed by atoms with Crippen molar-refractivity contribution in [3.05, 3.63) is 88.0 Å². The molecule has 0 saturated carbocycles. The molecule has 40 heavy (non-hydrogen) atoms. The van der Waals surface area contributed by atoms with Crippen LogP contribution in [0.5, 0.6) is 5.75 Å². The van der Waals surface area contributed by atoms with Crippen molar-refractivity contribution in [2.24, 2.45) is 0 Å². The molecule has 0 unspecified atom stereocenters. The summed E-state index contributed by atoms with van der Waals surface area (Å²) in [6, 6.07) is 18.8. The average molecular weight is 544 g/mol. The lowest BCUT2D eigenvalue weighted by molar-refractivity contribution is -0.143. The number of benzene rings is 2. The highest BCUT2D eigenvalue weighted by molar-refractivity contribution is 5.77. The van der Waals surface area contributed by atoms with E-state index in [9.17, 15) is 19.6 Å². The summed E-state index contributed by atoms with van der Waals surface area (Å²) in [5, 5.41) is 9.33. The monoisotopic (exact) mass is 543 g/mol. The smallest absolute Gasteiger partial charge is 0.305 e. The Labute approximate surface area is 233 Å². The third-order valence-corrected chi connectivity index (χ3v) is 6.74. The van der Waals surface area contributed by atoms with Crippen LogP contribution >= 0.6 is 0 Å². The topological polar surface area (TPSA) is 113 Å². The highest BCUT2D eigenvalue weighted by Gasteiger charge is 2.22. The summed E-state index contributed by atoms with van der Waals surface area (Å²) >= 11 is 0. The summed E-state index contributed by atoms with van der Waals surface area (Å²) in [6.07, 6.45) is 2.41. The van der Waals surface area contributed by atoms with Gasteiger partial charge in [-0.05, 0) is 36.1 Å². The molecule has 1 fully saturated rings. The van der Waals surface area contributed by atoms with E-state index >= 15 is 0 Å². The molecule has 9 heteroatoms. The van der Waals surface area contributed by atoms with E-state index in [4.69, 9.17) is 13.9 Å². The van der Waals surface area contributed by atoms with Crippen LogP contribution in [0.3, 0.4) is 0 Å². The molecule has 0 radical (unpaired) electrons. The van der Waals surface area contributed by atoms with Gasteiger partial charge < -0.3 is 18.8 Å². The van der Waals surface area contributed by atoms with Crippen LogP contribution in [0.1, 0.15) is 43.1 Å². The summed E-state index contributed by atoms with van der Waals surface area (Å²) in [5.74, 6) is 0.443. The number of hydrogen-bond donors (Lipinski definition) is 0. The van der Waals surface area contributed by atoms with Gasteiger partial charge in [-0.3, -0.25) is 19.3 Å². The molecule has 0 atom stereocenters. The molecule has 2 aromatic carbocycles. The largest absolute Gasteiger partial charge is 0.482 e. The molecule has 0 bridgehead atoms. The normalized spacial score (nSPS) is 13.4. The van der Waals surface area contributed by atoms with Gasteiger partial charge in [0.25, 0.3) is 0 Å². The van der Waals surface area contributed by atoms with E-state index in [-0.39, 0.29) is 36.1 Å². The van der Waals surface area contributed by atoms with Crippen LogP contribution in [0.4, 0.5) is 0 Å². The molecule has 0 N–H and O–H groups in total. The van der Waals surface area contributed by atoms with E-state index in [0.717, 1.165) is 16.7 Å². The predicted octanol–water partition coefficient (Wildman–Crippen LogP) is 4.14. The van der Waals surface area contributed by atoms with Gasteiger partial charge in [-0.25, -0.2) is 0 Å². The van der Waals surface area contributed by atoms with Crippen molar-refractivity contribution in [3.63, 3.8) is 0 Å². The van der Waals surface area contributed by atoms with E-state index in [1.54, 1.807) is 13.0 Å². The Balaban J connectivity index is 1.23. The van der Waals surface area contributed by atoms with E-state index in [0.29, 0.717) is 63.5 Å². The second-order valence-electron chi connectivity index (χ2n) is 9.53. The minimum Gasteiger partial charge on any atom is -0.482 e. The third-order valence-electron chi connectivity index (χ3n) is 6.74. The first-order chi connectivity index (χ1) is 19.5. The summed E-state index contributed by atoms with van der Waals surface area (Å²) < 4.78 is 16.3. The lowest BCUT2D eigenvalue weighted by atomic mass is 9.99. The van der Waals surface area contributed by atoms with Crippen LogP contribution in [0.15, 0.2) is 70.1 Å². The summed E-state index contributed by atoms with van der Waals surface area (Å²) in [7, 11) is 0. The third kappa shape index (κ3) is 7.80. The SMILES string of the molecule is CCOC(=O)CCCC(=O)N1CCN(Cc2cc(=O)c(OCc3ccc(-c4ccccc4C#N)cc3)co2)CC1. The van der Waals surface area contributed by atoms with E-state index < -0.39 is 0 Å². The maximum absolute atomic E-state index is 12.6. The Morgan fingerprint density at radius 1 is 1.02 bits per heavy atom. The maximum Gasteiger partial charge on any atom is 0.305 e. The molecule has 1 saturated heterocycles. The van der Waals surface area contributed by atoms with Crippen LogP contribution in [-0.2, 0) is 27.5 Å². The Morgan fingerprint density at radius 2 is 1.77 bits per heavy atom. The maximum atomic E-state index is 12.6. The Hall–Kier alpha value is -4.42. The van der Waals surface area contributed by atoms with Crippen molar-refractivity contribution < 1.29 is 23.5 Å². The molecule has 2 heterocycles. The number of nitriles is 1. The molecule has 3 aromatic rings. The first kappa shape index (κ1) is 28.6. The molecule has 1 amide bonds. The lowest BCUT2D eigenvalue weighted by Gasteiger charge is -2.34. The zero-order chi connectivity index (χ0) is 28.3. The number of hydrogen-bond acceptors (Lipinski definition) is 8. The zero-order valence-electron chi connectivity index (χ0n) is 22.6. The molecular weight excluding hydrogens is 510 g/mol. The highest BCUT2D eigenvalue weighted by Crippen LogP contribution is 2.24. The molecule has 4 rings (SSSR count). The van der Waals surface area contributed by atoms with Crippen LogP contribution in [0.2, 0.25) is 0 Å². The number of ether oxygens (including phenoxy) is 2. The Bertz CT molecular complexity index is 1400. The summed E-state index contributed by atoms with van der Waals surface area (Å²) in [4.78, 5) is 40.4. The van der Waals surface area contributed by atoms with Crippen molar-refractivity contribution in [1.29, 1.82) is 5.26 Å². The quantitative estimate of drug-likeness (QED) is 0.332. The predicted molar refractivity (Wildman–Crippen MR) is 148 cm³/mol. The van der Waals surface area contributed by atoms with Gasteiger partial charge in [-0.15, -0.1) is 0 Å². The first-order valence-electron chi connectivity index (χ1n) is 13.5. The van der Waals surface area contributed by atoms with Crippen molar-refractivity contribution in [1.82, 2.24) is 9.80 Å². The summed E-state index contributed by atoms with van der Waals surface area (Å²) in [5.41, 5.74) is 3.05. The van der Waals surface area contributed by atoms with Gasteiger partial charge in [0.1, 0.15) is 18.6 Å². The molecule has 208 valence electrons. The average Bonchev–Trinajstić information content (AvgIpc) is 2.97. The number of rotatable bonds is 11. The molecule has 0 spiro atoms. The van der Waals surface area contributed by atoms with Gasteiger partial charge in [0.05, 0.1) is 24.8 Å². The standard InChI is InChI=1S/C31H33N3O6/c1-2-38-31(37)9-5-8-30(36)34-16-14-33(15-17-34)20-26-18-28(35)29(22-39-26)40-21-23-10-12-24(13-11-23)27-7-4-3-6-25(27)19-32/h3-4,6-7,10-13,18,22H,2,5,8-9,14-17,20-21H2,1H3. The van der Waals surface area contributed by atoms with Crippen molar-refractivity contribution >= 4 is 11.9 Å². The van der Waals surface area contributed by atoms with Crippen molar-refractivity contribution in [2.75, 3.05) is 32.8 Å². The number of piperazine rings is 1. The number of amides is 1. The number of carbonyl (C=O) groups excluding carboxylic acids is 2. The van der Waals surface area contributed by atoms with Gasteiger partial charge in [-0.2, -0.15) is 5.26 Å². The number of esters is 1. The lowest BCUT2D eigenvalue weighted by Crippen LogP contribution is -2.48. The summed E-state index contributed by atoms with van der Waals surface area (Å²) in [6.45, 7) is 5.29. The van der Waals surface area contributed by atoms with Crippen LogP contribution in [-0.4, -0.2) is 54.5 Å². The molecular formula is C31H33N3O6. The van der Waals surface area contributed by atoms with Crippen LogP contribution in [0.25, 0.3) is 11.1 Å². The van der Waals surface area contributed by atoms with Gasteiger partial charge >= 0.3 is 5.97 Å². The van der Waals surface area contributed by atoms with Gasteiger partial charge in [0, 0.05) is 45.1 Å². The van der Waals surface area contributed by atoms with Crippen LogP contribution < -0.4 is 10.2 Å². The fourth-order valence-corrected chi connectivity index (χ4v) is 4.55. The minimum absolute atomic E-state index is 0.0404. The van der Waals surface area contributed by atoms with E-state index in [1.165, 1.54) is 12.3 Å². The van der Waals surface area contributed by atoms with Gasteiger partial charge in [-0.1, -0.05) is 42.5 Å². The van der Waals surface area contributed by atoms with Gasteiger partial charge in [0.2, 0.25) is 17.1 Å². The van der Waals surface area contributed by atoms with E-state index in [2.05, 4.69) is 11.0 Å². The highest BCUT2D eigenvalue weighted by atomic mass is 16.5. The zero-order valence-corrected chi connectivity index (χ0v) is 22.6. The van der Waals surface area contributed by atoms with Crippen molar-refractivity contribution in [2.45, 2.75) is 39.3 Å². The Kier molecular flexibility index (Phi) is 10.1. The van der Waals surface area contributed by atoms with Crippen molar-refractivity contribution in [3.8, 4) is 22.9 Å². The fourth-order valence-electron chi connectivity index (χ4n) is 4.55. The molecule has 1 aliphatic rings. The molecule has 1 aliphatic heterocycles. The Morgan fingerprint density at radius 3 is 2.48 bits per heavy atom.